The van der Waals surface area contributed by atoms with Crippen LogP contribution in [0.2, 0.25) is 0 Å². The van der Waals surface area contributed by atoms with E-state index in [9.17, 15) is 4.79 Å². The fraction of sp³-hybridized carbons (Fsp3) is 0.250. The molecule has 4 nitrogen and oxygen atoms in total. The van der Waals surface area contributed by atoms with Gasteiger partial charge in [0.25, 0.3) is 0 Å². The van der Waals surface area contributed by atoms with Crippen LogP contribution in [0, 0.1) is 6.92 Å². The van der Waals surface area contributed by atoms with Crippen LogP contribution in [0.25, 0.3) is 0 Å². The number of nitrogens with zero attached hydrogens (tertiary/aromatic N) is 1. The Hall–Kier alpha value is -2.36. The minimum absolute atomic E-state index is 0.437. The highest BCUT2D eigenvalue weighted by Gasteiger charge is 2.19. The van der Waals surface area contributed by atoms with Crippen LogP contribution < -0.4 is 0 Å². The van der Waals surface area contributed by atoms with Gasteiger partial charge in [-0.1, -0.05) is 22.9 Å². The number of hydrogen-bond acceptors (Lipinski definition) is 4. The molecule has 0 fully saturated rings. The lowest BCUT2D eigenvalue weighted by molar-refractivity contribution is 0.0515. The van der Waals surface area contributed by atoms with Crippen molar-refractivity contribution in [3.63, 3.8) is 0 Å². The molecule has 0 bridgehead atoms. The summed E-state index contributed by atoms with van der Waals surface area (Å²) in [4.78, 5) is 16.9. The molecule has 1 aliphatic carbocycles. The molecule has 0 unspecified atom stereocenters. The van der Waals surface area contributed by atoms with Gasteiger partial charge in [-0.2, -0.15) is 0 Å². The topological polar surface area (TPSA) is 51.8 Å². The molecule has 1 aliphatic rings. The molecule has 102 valence electrons. The Kier molecular flexibility index (Phi) is 3.37. The summed E-state index contributed by atoms with van der Waals surface area (Å²) >= 11 is 0. The number of carbonyl (C=O) groups excluding carboxylic acids is 1. The maximum Gasteiger partial charge on any atom is 0.365 e. The molecule has 1 aromatic carbocycles. The van der Waals surface area contributed by atoms with Crippen molar-refractivity contribution >= 4 is 11.7 Å². The first-order valence-corrected chi connectivity index (χ1v) is 6.65. The number of carbonyl (C=O) groups is 1. The molecule has 20 heavy (non-hydrogen) atoms. The molecule has 0 atom stereocenters. The van der Waals surface area contributed by atoms with Gasteiger partial charge in [-0.15, -0.1) is 0 Å². The van der Waals surface area contributed by atoms with Crippen LogP contribution in [0.1, 0.15) is 40.1 Å². The number of furan rings is 1. The van der Waals surface area contributed by atoms with Crippen molar-refractivity contribution in [2.75, 3.05) is 0 Å². The molecule has 0 aliphatic heterocycles. The predicted octanol–water partition coefficient (Wildman–Crippen LogP) is 3.49. The van der Waals surface area contributed by atoms with E-state index in [1.54, 1.807) is 18.4 Å². The average Bonchev–Trinajstić information content (AvgIpc) is 2.94. The van der Waals surface area contributed by atoms with Gasteiger partial charge in [0.15, 0.2) is 0 Å². The standard InChI is InChI=1S/C16H15NO3/c1-11-5-7-12(8-6-11)16(18)20-17-14-3-2-4-15-13(14)9-10-19-15/h5-10H,2-4H2,1H3. The molecule has 0 spiro atoms. The predicted molar refractivity (Wildman–Crippen MR) is 74.8 cm³/mol. The Balaban J connectivity index is 1.75. The van der Waals surface area contributed by atoms with Crippen molar-refractivity contribution in [1.29, 1.82) is 0 Å². The van der Waals surface area contributed by atoms with E-state index >= 15 is 0 Å². The highest BCUT2D eigenvalue weighted by molar-refractivity contribution is 6.02. The van der Waals surface area contributed by atoms with Crippen molar-refractivity contribution < 1.29 is 14.0 Å². The molecule has 3 rings (SSSR count). The molecule has 0 saturated heterocycles. The second kappa shape index (κ2) is 5.33. The lowest BCUT2D eigenvalue weighted by atomic mass is 9.97. The van der Waals surface area contributed by atoms with Crippen LogP contribution in [0.5, 0.6) is 0 Å². The highest BCUT2D eigenvalue weighted by Crippen LogP contribution is 2.22. The summed E-state index contributed by atoms with van der Waals surface area (Å²) < 4.78 is 5.37. The highest BCUT2D eigenvalue weighted by atomic mass is 16.7. The zero-order valence-electron chi connectivity index (χ0n) is 11.3. The number of fused-ring (bicyclic) bond motifs is 1. The third-order valence-electron chi connectivity index (χ3n) is 3.40. The number of rotatable bonds is 2. The molecule has 0 N–H and O–H groups in total. The fourth-order valence-electron chi connectivity index (χ4n) is 2.28. The van der Waals surface area contributed by atoms with E-state index in [4.69, 9.17) is 9.25 Å². The van der Waals surface area contributed by atoms with Gasteiger partial charge in [0, 0.05) is 12.0 Å². The number of hydrogen-bond donors (Lipinski definition) is 0. The van der Waals surface area contributed by atoms with Crippen molar-refractivity contribution in [3.05, 3.63) is 59.0 Å². The normalized spacial score (nSPS) is 15.9. The molecule has 0 amide bonds. The van der Waals surface area contributed by atoms with E-state index in [1.165, 1.54) is 0 Å². The number of benzene rings is 1. The quantitative estimate of drug-likeness (QED) is 0.619. The molecular weight excluding hydrogens is 254 g/mol. The minimum atomic E-state index is -0.437. The van der Waals surface area contributed by atoms with Crippen molar-refractivity contribution in [2.24, 2.45) is 5.16 Å². The molecule has 4 heteroatoms. The van der Waals surface area contributed by atoms with E-state index in [2.05, 4.69) is 5.16 Å². The van der Waals surface area contributed by atoms with Crippen LogP contribution in [0.3, 0.4) is 0 Å². The largest absolute Gasteiger partial charge is 0.469 e. The zero-order valence-corrected chi connectivity index (χ0v) is 11.3. The van der Waals surface area contributed by atoms with Crippen LogP contribution in [-0.2, 0) is 11.3 Å². The third kappa shape index (κ3) is 2.50. The zero-order chi connectivity index (χ0) is 13.9. The van der Waals surface area contributed by atoms with E-state index < -0.39 is 5.97 Å². The summed E-state index contributed by atoms with van der Waals surface area (Å²) in [5.74, 6) is 0.481. The summed E-state index contributed by atoms with van der Waals surface area (Å²) in [5, 5.41) is 4.00. The van der Waals surface area contributed by atoms with E-state index in [0.717, 1.165) is 41.9 Å². The summed E-state index contributed by atoms with van der Waals surface area (Å²) in [5.41, 5.74) is 3.33. The Morgan fingerprint density at radius 3 is 2.80 bits per heavy atom. The number of oxime groups is 1. The second-order valence-electron chi connectivity index (χ2n) is 4.89. The summed E-state index contributed by atoms with van der Waals surface area (Å²) in [6.45, 7) is 1.97. The first-order valence-electron chi connectivity index (χ1n) is 6.65. The lowest BCUT2D eigenvalue weighted by Gasteiger charge is -2.11. The molecule has 0 radical (unpaired) electrons. The Labute approximate surface area is 117 Å². The van der Waals surface area contributed by atoms with Gasteiger partial charge in [-0.3, -0.25) is 0 Å². The molecule has 1 heterocycles. The molecule has 1 aromatic heterocycles. The smallest absolute Gasteiger partial charge is 0.365 e. The molecular formula is C16H15NO3. The van der Waals surface area contributed by atoms with E-state index in [0.29, 0.717) is 5.56 Å². The fourth-order valence-corrected chi connectivity index (χ4v) is 2.28. The maximum absolute atomic E-state index is 11.9. The first-order chi connectivity index (χ1) is 9.74. The van der Waals surface area contributed by atoms with Gasteiger partial charge in [-0.25, -0.2) is 4.79 Å². The molecule has 2 aromatic rings. The van der Waals surface area contributed by atoms with Crippen LogP contribution in [-0.4, -0.2) is 11.7 Å². The van der Waals surface area contributed by atoms with Crippen molar-refractivity contribution in [1.82, 2.24) is 0 Å². The van der Waals surface area contributed by atoms with Gasteiger partial charge in [0.1, 0.15) is 5.76 Å². The maximum atomic E-state index is 11.9. The lowest BCUT2D eigenvalue weighted by Crippen LogP contribution is -2.11. The van der Waals surface area contributed by atoms with Gasteiger partial charge in [-0.05, 0) is 38.0 Å². The monoisotopic (exact) mass is 269 g/mol. The first kappa shape index (κ1) is 12.7. The number of aryl methyl sites for hydroxylation is 2. The SMILES string of the molecule is Cc1ccc(C(=O)ON=C2CCCc3occc32)cc1. The van der Waals surface area contributed by atoms with Crippen LogP contribution in [0.4, 0.5) is 0 Å². The van der Waals surface area contributed by atoms with Crippen LogP contribution >= 0.6 is 0 Å². The second-order valence-corrected chi connectivity index (χ2v) is 4.89. The minimum Gasteiger partial charge on any atom is -0.469 e. The summed E-state index contributed by atoms with van der Waals surface area (Å²) in [7, 11) is 0. The molecule has 0 saturated carbocycles. The average molecular weight is 269 g/mol. The summed E-state index contributed by atoms with van der Waals surface area (Å²) in [6, 6.07) is 9.09. The van der Waals surface area contributed by atoms with Gasteiger partial charge >= 0.3 is 5.97 Å². The Bertz CT molecular complexity index is 653. The van der Waals surface area contributed by atoms with Gasteiger partial charge in [0.05, 0.1) is 17.5 Å². The Morgan fingerprint density at radius 1 is 1.20 bits per heavy atom. The van der Waals surface area contributed by atoms with E-state index in [1.807, 2.05) is 25.1 Å². The van der Waals surface area contributed by atoms with E-state index in [-0.39, 0.29) is 0 Å². The third-order valence-corrected chi connectivity index (χ3v) is 3.40. The van der Waals surface area contributed by atoms with Crippen LogP contribution in [0.15, 0.2) is 46.2 Å². The van der Waals surface area contributed by atoms with Crippen molar-refractivity contribution in [2.45, 2.75) is 26.2 Å². The van der Waals surface area contributed by atoms with Crippen molar-refractivity contribution in [3.8, 4) is 0 Å². The Morgan fingerprint density at radius 2 is 2.00 bits per heavy atom. The van der Waals surface area contributed by atoms with Gasteiger partial charge in [0.2, 0.25) is 0 Å². The van der Waals surface area contributed by atoms with Gasteiger partial charge < -0.3 is 9.25 Å². The summed E-state index contributed by atoms with van der Waals surface area (Å²) in [6.07, 6.45) is 4.32.